The van der Waals surface area contributed by atoms with Gasteiger partial charge in [0.25, 0.3) is 5.91 Å². The summed E-state index contributed by atoms with van der Waals surface area (Å²) >= 11 is 6.25. The highest BCUT2D eigenvalue weighted by atomic mass is 35.5. The SMILES string of the molecule is C[N+]1(NC(=O)c2ccc(O)c(O)c2)CCN(C2=Nc3cc(Cl)ccc3Nc3ccccc32)CC1. The van der Waals surface area contributed by atoms with Gasteiger partial charge in [0.05, 0.1) is 31.5 Å². The molecule has 0 unspecified atom stereocenters. The fraction of sp³-hybridized carbons (Fsp3) is 0.200. The Morgan fingerprint density at radius 1 is 1.03 bits per heavy atom. The normalized spacial score (nSPS) is 16.4. The third-order valence-corrected chi connectivity index (χ3v) is 6.49. The van der Waals surface area contributed by atoms with Crippen LogP contribution in [0.1, 0.15) is 15.9 Å². The van der Waals surface area contributed by atoms with Crippen LogP contribution < -0.4 is 10.7 Å². The van der Waals surface area contributed by atoms with Crippen molar-refractivity contribution in [2.75, 3.05) is 38.5 Å². The van der Waals surface area contributed by atoms with Crippen molar-refractivity contribution in [1.29, 1.82) is 0 Å². The lowest BCUT2D eigenvalue weighted by Gasteiger charge is -2.42. The molecule has 5 rings (SSSR count). The molecule has 174 valence electrons. The Morgan fingerprint density at radius 2 is 1.79 bits per heavy atom. The number of nitrogens with one attached hydrogen (secondary N) is 2. The van der Waals surface area contributed by atoms with E-state index in [1.165, 1.54) is 18.2 Å². The first kappa shape index (κ1) is 22.1. The van der Waals surface area contributed by atoms with Crippen molar-refractivity contribution >= 4 is 40.4 Å². The molecule has 0 radical (unpaired) electrons. The summed E-state index contributed by atoms with van der Waals surface area (Å²) in [5.41, 5.74) is 7.00. The highest BCUT2D eigenvalue weighted by molar-refractivity contribution is 6.31. The van der Waals surface area contributed by atoms with Gasteiger partial charge in [-0.05, 0) is 48.5 Å². The molecule has 0 saturated carbocycles. The van der Waals surface area contributed by atoms with Gasteiger partial charge in [0.1, 0.15) is 18.9 Å². The summed E-state index contributed by atoms with van der Waals surface area (Å²) in [4.78, 5) is 20.0. The Labute approximate surface area is 202 Å². The van der Waals surface area contributed by atoms with Crippen LogP contribution in [-0.2, 0) is 0 Å². The number of rotatable bonds is 2. The van der Waals surface area contributed by atoms with Crippen LogP contribution >= 0.6 is 11.6 Å². The second-order valence-corrected chi connectivity index (χ2v) is 9.18. The summed E-state index contributed by atoms with van der Waals surface area (Å²) in [7, 11) is 1.97. The first-order valence-corrected chi connectivity index (χ1v) is 11.4. The van der Waals surface area contributed by atoms with Gasteiger partial charge in [-0.25, -0.2) is 9.58 Å². The minimum absolute atomic E-state index is 0.257. The van der Waals surface area contributed by atoms with Crippen molar-refractivity contribution in [2.45, 2.75) is 0 Å². The van der Waals surface area contributed by atoms with E-state index in [0.717, 1.165) is 28.5 Å². The van der Waals surface area contributed by atoms with Gasteiger partial charge < -0.3 is 20.4 Å². The van der Waals surface area contributed by atoms with Gasteiger partial charge in [0.2, 0.25) is 0 Å². The summed E-state index contributed by atoms with van der Waals surface area (Å²) in [6.07, 6.45) is 0. The smallest absolute Gasteiger partial charge is 0.296 e. The number of piperazine rings is 1. The van der Waals surface area contributed by atoms with Crippen molar-refractivity contribution in [3.05, 3.63) is 76.8 Å². The van der Waals surface area contributed by atoms with Crippen LogP contribution in [0.15, 0.2) is 65.7 Å². The van der Waals surface area contributed by atoms with Crippen LogP contribution in [0.3, 0.4) is 0 Å². The van der Waals surface area contributed by atoms with E-state index in [9.17, 15) is 15.0 Å². The van der Waals surface area contributed by atoms with Crippen molar-refractivity contribution < 1.29 is 19.6 Å². The average Bonchev–Trinajstić information content (AvgIpc) is 2.97. The van der Waals surface area contributed by atoms with E-state index in [-0.39, 0.29) is 17.4 Å². The summed E-state index contributed by atoms with van der Waals surface area (Å²) < 4.78 is 0.340. The van der Waals surface area contributed by atoms with E-state index in [0.29, 0.717) is 41.4 Å². The van der Waals surface area contributed by atoms with E-state index in [2.05, 4.69) is 21.7 Å². The molecule has 2 aliphatic rings. The molecule has 0 aliphatic carbocycles. The van der Waals surface area contributed by atoms with Crippen molar-refractivity contribution in [1.82, 2.24) is 10.3 Å². The van der Waals surface area contributed by atoms with Gasteiger partial charge in [-0.3, -0.25) is 4.79 Å². The molecule has 2 aliphatic heterocycles. The lowest BCUT2D eigenvalue weighted by molar-refractivity contribution is -0.946. The quantitative estimate of drug-likeness (QED) is 0.330. The van der Waals surface area contributed by atoms with Gasteiger partial charge in [-0.2, -0.15) is 5.43 Å². The second-order valence-electron chi connectivity index (χ2n) is 8.74. The molecular formula is C25H25ClN5O3+. The molecule has 8 nitrogen and oxygen atoms in total. The monoisotopic (exact) mass is 478 g/mol. The topological polar surface area (TPSA) is 97.2 Å². The zero-order valence-electron chi connectivity index (χ0n) is 18.6. The maximum atomic E-state index is 12.8. The number of aromatic hydroxyl groups is 2. The van der Waals surface area contributed by atoms with Crippen LogP contribution in [0.4, 0.5) is 17.1 Å². The number of likely N-dealkylation sites (N-methyl/N-ethyl adjacent to an activating group) is 1. The van der Waals surface area contributed by atoms with Gasteiger partial charge in [-0.15, -0.1) is 0 Å². The van der Waals surface area contributed by atoms with Gasteiger partial charge >= 0.3 is 0 Å². The molecule has 2 heterocycles. The lowest BCUT2D eigenvalue weighted by Crippen LogP contribution is -2.65. The number of hydrogen-bond acceptors (Lipinski definition) is 6. The zero-order valence-corrected chi connectivity index (χ0v) is 19.4. The molecule has 3 aromatic rings. The molecule has 9 heteroatoms. The number of amidine groups is 1. The number of phenols is 2. The first-order valence-electron chi connectivity index (χ1n) is 11.0. The lowest BCUT2D eigenvalue weighted by atomic mass is 10.1. The standard InChI is InChI=1S/C25H24ClN5O3/c1-31(29-25(34)16-6-9-22(32)23(33)14-16)12-10-30(11-13-31)24-18-4-2-3-5-19(18)27-20-8-7-17(26)15-21(20)28-24/h2-9,14-15H,10-13H2,1H3,(H3-,27,28,29,32,33,34)/p+1. The number of para-hydroxylation sites is 1. The molecule has 3 aromatic carbocycles. The number of anilines is 2. The number of quaternary nitrogens is 1. The molecule has 0 spiro atoms. The maximum absolute atomic E-state index is 12.8. The average molecular weight is 479 g/mol. The molecule has 1 amide bonds. The molecule has 0 aromatic heterocycles. The van der Waals surface area contributed by atoms with Gasteiger partial charge in [0, 0.05) is 21.8 Å². The number of carbonyl (C=O) groups is 1. The van der Waals surface area contributed by atoms with E-state index < -0.39 is 0 Å². The van der Waals surface area contributed by atoms with E-state index in [1.54, 1.807) is 0 Å². The number of carbonyl (C=O) groups excluding carboxylic acids is 1. The fourth-order valence-corrected chi connectivity index (χ4v) is 4.42. The fourth-order valence-electron chi connectivity index (χ4n) is 4.25. The van der Waals surface area contributed by atoms with Crippen LogP contribution in [-0.4, -0.2) is 64.7 Å². The minimum Gasteiger partial charge on any atom is -0.504 e. The number of phenolic OH excluding ortho intramolecular Hbond substituents is 2. The van der Waals surface area contributed by atoms with Crippen LogP contribution in [0.25, 0.3) is 0 Å². The van der Waals surface area contributed by atoms with E-state index in [4.69, 9.17) is 16.6 Å². The predicted octanol–water partition coefficient (Wildman–Crippen LogP) is 3.99. The Hall–Kier alpha value is -3.75. The highest BCUT2D eigenvalue weighted by Crippen LogP contribution is 2.36. The molecule has 1 saturated heterocycles. The molecular weight excluding hydrogens is 454 g/mol. The molecule has 34 heavy (non-hydrogen) atoms. The van der Waals surface area contributed by atoms with Crippen molar-refractivity contribution in [2.24, 2.45) is 4.99 Å². The Kier molecular flexibility index (Phi) is 5.55. The van der Waals surface area contributed by atoms with Crippen LogP contribution in [0.5, 0.6) is 11.5 Å². The van der Waals surface area contributed by atoms with E-state index in [1.807, 2.05) is 43.4 Å². The molecule has 4 N–H and O–H groups in total. The number of benzene rings is 3. The number of fused-ring (bicyclic) bond motifs is 2. The number of aliphatic imine (C=N–C) groups is 1. The zero-order chi connectivity index (χ0) is 23.9. The van der Waals surface area contributed by atoms with Crippen LogP contribution in [0, 0.1) is 0 Å². The summed E-state index contributed by atoms with van der Waals surface area (Å²) in [6.45, 7) is 2.68. The summed E-state index contributed by atoms with van der Waals surface area (Å²) in [5, 5.41) is 23.3. The Morgan fingerprint density at radius 3 is 2.56 bits per heavy atom. The first-order chi connectivity index (χ1) is 16.3. The largest absolute Gasteiger partial charge is 0.504 e. The Bertz CT molecular complexity index is 1300. The summed E-state index contributed by atoms with van der Waals surface area (Å²) in [5.74, 6) is -0.0205. The van der Waals surface area contributed by atoms with Gasteiger partial charge in [0.15, 0.2) is 11.5 Å². The van der Waals surface area contributed by atoms with Crippen molar-refractivity contribution in [3.8, 4) is 11.5 Å². The number of hydrogen-bond donors (Lipinski definition) is 4. The van der Waals surface area contributed by atoms with Crippen molar-refractivity contribution in [3.63, 3.8) is 0 Å². The number of halogens is 1. The number of amides is 1. The highest BCUT2D eigenvalue weighted by Gasteiger charge is 2.34. The molecule has 1 fully saturated rings. The van der Waals surface area contributed by atoms with E-state index >= 15 is 0 Å². The number of nitrogens with zero attached hydrogens (tertiary/aromatic N) is 3. The maximum Gasteiger partial charge on any atom is 0.296 e. The third kappa shape index (κ3) is 4.25. The predicted molar refractivity (Wildman–Crippen MR) is 132 cm³/mol. The summed E-state index contributed by atoms with van der Waals surface area (Å²) in [6, 6.07) is 17.8. The van der Waals surface area contributed by atoms with Crippen LogP contribution in [0.2, 0.25) is 5.02 Å². The minimum atomic E-state index is -0.320. The Balaban J connectivity index is 1.37. The second kappa shape index (κ2) is 8.55. The third-order valence-electron chi connectivity index (χ3n) is 6.26. The van der Waals surface area contributed by atoms with Gasteiger partial charge in [-0.1, -0.05) is 23.7 Å². The molecule has 0 bridgehead atoms. The molecule has 0 atom stereocenters.